The highest BCUT2D eigenvalue weighted by Gasteiger charge is 2.14. The summed E-state index contributed by atoms with van der Waals surface area (Å²) in [5.74, 6) is -0.809. The molecule has 2 rings (SSSR count). The van der Waals surface area contributed by atoms with Gasteiger partial charge in [-0.15, -0.1) is 0 Å². The molecule has 2 aromatic rings. The van der Waals surface area contributed by atoms with Crippen molar-refractivity contribution in [1.29, 1.82) is 0 Å². The Morgan fingerprint density at radius 2 is 1.80 bits per heavy atom. The monoisotopic (exact) mass is 362 g/mol. The molecule has 0 atom stereocenters. The number of nitrogens with one attached hydrogen (secondary N) is 1. The molecule has 0 aliphatic rings. The van der Waals surface area contributed by atoms with Gasteiger partial charge >= 0.3 is 0 Å². The van der Waals surface area contributed by atoms with E-state index in [2.05, 4.69) is 50.4 Å². The fraction of sp³-hybridized carbons (Fsp3) is 0.350. The van der Waals surface area contributed by atoms with Crippen molar-refractivity contribution in [3.05, 3.63) is 64.4 Å². The Morgan fingerprint density at radius 1 is 1.16 bits per heavy atom. The number of carbonyl (C=O) groups is 1. The maximum atomic E-state index is 13.7. The largest absolute Gasteiger partial charge is 0.322 e. The van der Waals surface area contributed by atoms with Crippen molar-refractivity contribution in [1.82, 2.24) is 4.90 Å². The highest BCUT2D eigenvalue weighted by molar-refractivity contribution is 6.30. The van der Waals surface area contributed by atoms with Gasteiger partial charge in [-0.1, -0.05) is 56.6 Å². The van der Waals surface area contributed by atoms with Crippen molar-refractivity contribution in [3.8, 4) is 0 Å². The molecule has 25 heavy (non-hydrogen) atoms. The van der Waals surface area contributed by atoms with Gasteiger partial charge in [-0.05, 0) is 41.8 Å². The van der Waals surface area contributed by atoms with Crippen LogP contribution in [-0.4, -0.2) is 24.4 Å². The summed E-state index contributed by atoms with van der Waals surface area (Å²) in [6, 6.07) is 12.6. The van der Waals surface area contributed by atoms with Crippen LogP contribution in [0, 0.1) is 5.82 Å². The number of amides is 1. The number of likely N-dealkylation sites (N-methyl/N-ethyl adjacent to an activating group) is 1. The maximum Gasteiger partial charge on any atom is 0.238 e. The third kappa shape index (κ3) is 5.83. The molecule has 0 spiro atoms. The summed E-state index contributed by atoms with van der Waals surface area (Å²) in [5, 5.41) is 2.87. The molecule has 0 saturated heterocycles. The molecule has 0 fully saturated rings. The minimum Gasteiger partial charge on any atom is -0.322 e. The molecule has 0 bridgehead atoms. The van der Waals surface area contributed by atoms with E-state index < -0.39 is 5.82 Å². The van der Waals surface area contributed by atoms with Crippen molar-refractivity contribution in [2.45, 2.75) is 32.7 Å². The lowest BCUT2D eigenvalue weighted by Gasteiger charge is -2.20. The lowest BCUT2D eigenvalue weighted by Crippen LogP contribution is -2.30. The van der Waals surface area contributed by atoms with E-state index in [0.29, 0.717) is 11.6 Å². The number of halogens is 2. The minimum absolute atomic E-state index is 0.118. The van der Waals surface area contributed by atoms with Crippen LogP contribution in [-0.2, 0) is 16.8 Å². The van der Waals surface area contributed by atoms with Crippen LogP contribution in [0.15, 0.2) is 42.5 Å². The molecule has 0 saturated carbocycles. The van der Waals surface area contributed by atoms with Crippen molar-refractivity contribution >= 4 is 23.2 Å². The summed E-state index contributed by atoms with van der Waals surface area (Å²) in [5.41, 5.74) is 2.65. The van der Waals surface area contributed by atoms with Gasteiger partial charge in [0.2, 0.25) is 5.91 Å². The second kappa shape index (κ2) is 7.98. The quantitative estimate of drug-likeness (QED) is 0.824. The van der Waals surface area contributed by atoms with Crippen LogP contribution < -0.4 is 5.32 Å². The summed E-state index contributed by atoms with van der Waals surface area (Å²) >= 11 is 5.71. The number of hydrogen-bond acceptors (Lipinski definition) is 2. The van der Waals surface area contributed by atoms with E-state index in [-0.39, 0.29) is 23.6 Å². The Morgan fingerprint density at radius 3 is 2.36 bits per heavy atom. The molecule has 1 amide bonds. The molecular weight excluding hydrogens is 339 g/mol. The molecule has 1 N–H and O–H groups in total. The van der Waals surface area contributed by atoms with E-state index in [1.807, 2.05) is 11.9 Å². The van der Waals surface area contributed by atoms with Crippen LogP contribution in [0.5, 0.6) is 0 Å². The first-order chi connectivity index (χ1) is 11.6. The van der Waals surface area contributed by atoms with Crippen LogP contribution in [0.2, 0.25) is 5.02 Å². The predicted octanol–water partition coefficient (Wildman–Crippen LogP) is 4.85. The second-order valence-corrected chi connectivity index (χ2v) is 7.73. The molecule has 0 unspecified atom stereocenters. The zero-order chi connectivity index (χ0) is 18.6. The molecule has 0 aliphatic heterocycles. The average molecular weight is 363 g/mol. The van der Waals surface area contributed by atoms with Crippen LogP contribution in [0.3, 0.4) is 0 Å². The summed E-state index contributed by atoms with van der Waals surface area (Å²) in [6.07, 6.45) is 0. The normalized spacial score (nSPS) is 11.6. The SMILES string of the molecule is CN(CC(=O)Nc1ccc(Cl)cc1F)Cc1ccc(C(C)(C)C)cc1. The Balaban J connectivity index is 1.91. The second-order valence-electron chi connectivity index (χ2n) is 7.29. The van der Waals surface area contributed by atoms with Gasteiger partial charge in [0.25, 0.3) is 0 Å². The zero-order valence-corrected chi connectivity index (χ0v) is 15.8. The van der Waals surface area contributed by atoms with Gasteiger partial charge in [0.05, 0.1) is 12.2 Å². The average Bonchev–Trinajstić information content (AvgIpc) is 2.49. The Bertz CT molecular complexity index is 738. The fourth-order valence-corrected chi connectivity index (χ4v) is 2.66. The third-order valence-electron chi connectivity index (χ3n) is 3.89. The Hall–Kier alpha value is -1.91. The third-order valence-corrected chi connectivity index (χ3v) is 4.13. The summed E-state index contributed by atoms with van der Waals surface area (Å²) in [4.78, 5) is 14.0. The molecule has 2 aromatic carbocycles. The Kier molecular flexibility index (Phi) is 6.20. The van der Waals surface area contributed by atoms with Crippen molar-refractivity contribution in [2.24, 2.45) is 0 Å². The lowest BCUT2D eigenvalue weighted by molar-refractivity contribution is -0.117. The number of benzene rings is 2. The molecular formula is C20H24ClFN2O. The lowest BCUT2D eigenvalue weighted by atomic mass is 9.87. The van der Waals surface area contributed by atoms with Crippen molar-refractivity contribution in [2.75, 3.05) is 18.9 Å². The van der Waals surface area contributed by atoms with E-state index in [1.54, 1.807) is 6.07 Å². The minimum atomic E-state index is -0.540. The fourth-order valence-electron chi connectivity index (χ4n) is 2.50. The van der Waals surface area contributed by atoms with Crippen molar-refractivity contribution in [3.63, 3.8) is 0 Å². The molecule has 0 heterocycles. The van der Waals surface area contributed by atoms with E-state index >= 15 is 0 Å². The first kappa shape index (κ1) is 19.4. The van der Waals surface area contributed by atoms with Gasteiger partial charge in [-0.3, -0.25) is 9.69 Å². The molecule has 134 valence electrons. The van der Waals surface area contributed by atoms with Crippen LogP contribution in [0.25, 0.3) is 0 Å². The van der Waals surface area contributed by atoms with E-state index in [9.17, 15) is 9.18 Å². The van der Waals surface area contributed by atoms with Crippen LogP contribution in [0.4, 0.5) is 10.1 Å². The first-order valence-electron chi connectivity index (χ1n) is 8.18. The van der Waals surface area contributed by atoms with E-state index in [1.165, 1.54) is 17.7 Å². The highest BCUT2D eigenvalue weighted by Crippen LogP contribution is 2.22. The number of rotatable bonds is 5. The first-order valence-corrected chi connectivity index (χ1v) is 8.56. The molecule has 3 nitrogen and oxygen atoms in total. The number of carbonyl (C=O) groups excluding carboxylic acids is 1. The van der Waals surface area contributed by atoms with Crippen LogP contribution >= 0.6 is 11.6 Å². The smallest absolute Gasteiger partial charge is 0.238 e. The zero-order valence-electron chi connectivity index (χ0n) is 15.1. The summed E-state index contributed by atoms with van der Waals surface area (Å²) < 4.78 is 13.7. The van der Waals surface area contributed by atoms with Gasteiger partial charge in [0.1, 0.15) is 5.82 Å². The van der Waals surface area contributed by atoms with Gasteiger partial charge in [-0.25, -0.2) is 4.39 Å². The van der Waals surface area contributed by atoms with Gasteiger partial charge in [-0.2, -0.15) is 0 Å². The van der Waals surface area contributed by atoms with E-state index in [4.69, 9.17) is 11.6 Å². The standard InChI is InChI=1S/C20H24ClFN2O/c1-20(2,3)15-7-5-14(6-8-15)12-24(4)13-19(25)23-18-10-9-16(21)11-17(18)22/h5-11H,12-13H2,1-4H3,(H,23,25). The van der Waals surface area contributed by atoms with Gasteiger partial charge in [0, 0.05) is 11.6 Å². The predicted molar refractivity (Wildman–Crippen MR) is 102 cm³/mol. The van der Waals surface area contributed by atoms with E-state index in [0.717, 1.165) is 5.56 Å². The number of anilines is 1. The molecule has 0 aliphatic carbocycles. The number of hydrogen-bond donors (Lipinski definition) is 1. The topological polar surface area (TPSA) is 32.3 Å². The maximum absolute atomic E-state index is 13.7. The van der Waals surface area contributed by atoms with Gasteiger partial charge < -0.3 is 5.32 Å². The summed E-state index contributed by atoms with van der Waals surface area (Å²) in [6.45, 7) is 7.33. The highest BCUT2D eigenvalue weighted by atomic mass is 35.5. The molecule has 0 radical (unpaired) electrons. The summed E-state index contributed by atoms with van der Waals surface area (Å²) in [7, 11) is 1.86. The van der Waals surface area contributed by atoms with Crippen LogP contribution in [0.1, 0.15) is 31.9 Å². The molecule has 0 aromatic heterocycles. The number of nitrogens with zero attached hydrogens (tertiary/aromatic N) is 1. The Labute approximate surface area is 153 Å². The van der Waals surface area contributed by atoms with Crippen molar-refractivity contribution < 1.29 is 9.18 Å². The van der Waals surface area contributed by atoms with Gasteiger partial charge in [0.15, 0.2) is 0 Å². The molecule has 5 heteroatoms.